The molecule has 0 spiro atoms. The predicted molar refractivity (Wildman–Crippen MR) is 49.2 cm³/mol. The van der Waals surface area contributed by atoms with Crippen molar-refractivity contribution in [1.82, 2.24) is 15.0 Å². The van der Waals surface area contributed by atoms with Crippen molar-refractivity contribution in [2.75, 3.05) is 0 Å². The molecule has 2 aromatic rings. The van der Waals surface area contributed by atoms with Crippen LogP contribution in [0.15, 0.2) is 30.6 Å². The number of rotatable bonds is 2. The first-order valence-corrected chi connectivity index (χ1v) is 4.16. The van der Waals surface area contributed by atoms with Gasteiger partial charge >= 0.3 is 0 Å². The molecule has 72 valence electrons. The highest BCUT2D eigenvalue weighted by atomic mass is 19.1. The summed E-state index contributed by atoms with van der Waals surface area (Å²) in [6.07, 6.45) is 3.08. The number of hydrogen-bond donors (Lipinski definition) is 1. The van der Waals surface area contributed by atoms with Crippen molar-refractivity contribution >= 4 is 0 Å². The van der Waals surface area contributed by atoms with Crippen LogP contribution in [0.4, 0.5) is 4.39 Å². The van der Waals surface area contributed by atoms with E-state index in [0.717, 1.165) is 5.56 Å². The Morgan fingerprint density at radius 2 is 2.29 bits per heavy atom. The molecule has 0 aliphatic rings. The second-order valence-electron chi connectivity index (χ2n) is 2.84. The van der Waals surface area contributed by atoms with Gasteiger partial charge in [0.1, 0.15) is 11.5 Å². The minimum atomic E-state index is -0.340. The molecular formula is C9H9FN4. The molecule has 0 atom stereocenters. The lowest BCUT2D eigenvalue weighted by atomic mass is 10.2. The monoisotopic (exact) mass is 192 g/mol. The Hall–Kier alpha value is -1.75. The average Bonchev–Trinajstić information content (AvgIpc) is 2.71. The van der Waals surface area contributed by atoms with Gasteiger partial charge in [-0.25, -0.2) is 9.07 Å². The molecule has 0 amide bonds. The number of nitrogens with zero attached hydrogens (tertiary/aromatic N) is 3. The van der Waals surface area contributed by atoms with E-state index in [-0.39, 0.29) is 5.82 Å². The average molecular weight is 192 g/mol. The van der Waals surface area contributed by atoms with Gasteiger partial charge in [-0.3, -0.25) is 0 Å². The molecule has 0 saturated heterocycles. The van der Waals surface area contributed by atoms with Gasteiger partial charge in [-0.2, -0.15) is 0 Å². The fourth-order valence-electron chi connectivity index (χ4n) is 1.20. The SMILES string of the molecule is NCc1ccc(F)c(-n2ccnn2)c1. The van der Waals surface area contributed by atoms with Gasteiger partial charge in [0.15, 0.2) is 0 Å². The molecule has 1 aromatic heterocycles. The fraction of sp³-hybridized carbons (Fsp3) is 0.111. The molecule has 1 aromatic carbocycles. The number of aromatic nitrogens is 3. The van der Waals surface area contributed by atoms with E-state index in [9.17, 15) is 4.39 Å². The molecule has 0 radical (unpaired) electrons. The summed E-state index contributed by atoms with van der Waals surface area (Å²) in [7, 11) is 0. The molecule has 1 heterocycles. The van der Waals surface area contributed by atoms with E-state index in [4.69, 9.17) is 5.73 Å². The van der Waals surface area contributed by atoms with E-state index < -0.39 is 0 Å². The van der Waals surface area contributed by atoms with E-state index in [2.05, 4.69) is 10.3 Å². The summed E-state index contributed by atoms with van der Waals surface area (Å²) in [5.74, 6) is -0.340. The minimum absolute atomic E-state index is 0.340. The van der Waals surface area contributed by atoms with Crippen LogP contribution in [-0.4, -0.2) is 15.0 Å². The second-order valence-corrected chi connectivity index (χ2v) is 2.84. The highest BCUT2D eigenvalue weighted by Gasteiger charge is 2.05. The highest BCUT2D eigenvalue weighted by Crippen LogP contribution is 2.13. The molecule has 0 fully saturated rings. The van der Waals surface area contributed by atoms with Crippen molar-refractivity contribution in [2.24, 2.45) is 5.73 Å². The van der Waals surface area contributed by atoms with Gasteiger partial charge < -0.3 is 5.73 Å². The van der Waals surface area contributed by atoms with Crippen LogP contribution >= 0.6 is 0 Å². The molecule has 2 N–H and O–H groups in total. The third-order valence-electron chi connectivity index (χ3n) is 1.92. The first-order chi connectivity index (χ1) is 6.81. The van der Waals surface area contributed by atoms with Crippen molar-refractivity contribution in [3.63, 3.8) is 0 Å². The van der Waals surface area contributed by atoms with Gasteiger partial charge in [-0.05, 0) is 17.7 Å². The van der Waals surface area contributed by atoms with Crippen LogP contribution < -0.4 is 5.73 Å². The highest BCUT2D eigenvalue weighted by molar-refractivity contribution is 5.36. The summed E-state index contributed by atoms with van der Waals surface area (Å²) in [6, 6.07) is 4.68. The lowest BCUT2D eigenvalue weighted by molar-refractivity contribution is 0.606. The third kappa shape index (κ3) is 1.49. The number of halogens is 1. The molecular weight excluding hydrogens is 183 g/mol. The maximum absolute atomic E-state index is 13.3. The normalized spacial score (nSPS) is 10.4. The summed E-state index contributed by atoms with van der Waals surface area (Å²) in [5, 5.41) is 7.32. The molecule has 14 heavy (non-hydrogen) atoms. The lowest BCUT2D eigenvalue weighted by Crippen LogP contribution is -2.02. The fourth-order valence-corrected chi connectivity index (χ4v) is 1.20. The summed E-state index contributed by atoms with van der Waals surface area (Å²) < 4.78 is 14.7. The standard InChI is InChI=1S/C9H9FN4/c10-8-2-1-7(6-11)5-9(8)14-4-3-12-13-14/h1-5H,6,11H2. The molecule has 0 aliphatic carbocycles. The van der Waals surface area contributed by atoms with Crippen molar-refractivity contribution < 1.29 is 4.39 Å². The van der Waals surface area contributed by atoms with Gasteiger partial charge in [-0.15, -0.1) is 5.10 Å². The summed E-state index contributed by atoms with van der Waals surface area (Å²) in [4.78, 5) is 0. The Balaban J connectivity index is 2.51. The van der Waals surface area contributed by atoms with Crippen LogP contribution in [0.5, 0.6) is 0 Å². The first-order valence-electron chi connectivity index (χ1n) is 4.16. The zero-order chi connectivity index (χ0) is 9.97. The van der Waals surface area contributed by atoms with Crippen LogP contribution in [0.1, 0.15) is 5.56 Å². The van der Waals surface area contributed by atoms with Gasteiger partial charge in [0, 0.05) is 6.54 Å². The second kappa shape index (κ2) is 3.55. The molecule has 0 bridgehead atoms. The Kier molecular flexibility index (Phi) is 2.24. The Bertz CT molecular complexity index is 424. The first kappa shape index (κ1) is 8.83. The minimum Gasteiger partial charge on any atom is -0.326 e. The molecule has 4 nitrogen and oxygen atoms in total. The molecule has 2 rings (SSSR count). The quantitative estimate of drug-likeness (QED) is 0.767. The Morgan fingerprint density at radius 1 is 1.43 bits per heavy atom. The van der Waals surface area contributed by atoms with Crippen molar-refractivity contribution in [3.8, 4) is 5.69 Å². The third-order valence-corrected chi connectivity index (χ3v) is 1.92. The number of hydrogen-bond acceptors (Lipinski definition) is 3. The summed E-state index contributed by atoms with van der Waals surface area (Å²) in [5.41, 5.74) is 6.68. The molecule has 0 saturated carbocycles. The topological polar surface area (TPSA) is 56.7 Å². The van der Waals surface area contributed by atoms with Crippen molar-refractivity contribution in [1.29, 1.82) is 0 Å². The molecule has 5 heteroatoms. The lowest BCUT2D eigenvalue weighted by Gasteiger charge is -2.04. The zero-order valence-electron chi connectivity index (χ0n) is 7.39. The molecule has 0 aliphatic heterocycles. The Morgan fingerprint density at radius 3 is 2.93 bits per heavy atom. The van der Waals surface area contributed by atoms with Gasteiger partial charge in [0.05, 0.1) is 12.4 Å². The largest absolute Gasteiger partial charge is 0.326 e. The number of benzene rings is 1. The van der Waals surface area contributed by atoms with E-state index in [0.29, 0.717) is 12.2 Å². The summed E-state index contributed by atoms with van der Waals surface area (Å²) >= 11 is 0. The van der Waals surface area contributed by atoms with Crippen molar-refractivity contribution in [2.45, 2.75) is 6.54 Å². The number of nitrogens with two attached hydrogens (primary N) is 1. The van der Waals surface area contributed by atoms with E-state index in [1.807, 2.05) is 0 Å². The van der Waals surface area contributed by atoms with Crippen LogP contribution in [0.2, 0.25) is 0 Å². The van der Waals surface area contributed by atoms with Gasteiger partial charge in [-0.1, -0.05) is 11.3 Å². The molecule has 0 unspecified atom stereocenters. The van der Waals surface area contributed by atoms with Crippen LogP contribution in [0.3, 0.4) is 0 Å². The maximum atomic E-state index is 13.3. The van der Waals surface area contributed by atoms with E-state index in [1.165, 1.54) is 16.9 Å². The maximum Gasteiger partial charge on any atom is 0.148 e. The van der Waals surface area contributed by atoms with Gasteiger partial charge in [0.25, 0.3) is 0 Å². The van der Waals surface area contributed by atoms with Crippen LogP contribution in [0.25, 0.3) is 5.69 Å². The summed E-state index contributed by atoms with van der Waals surface area (Å²) in [6.45, 7) is 0.377. The predicted octanol–water partition coefficient (Wildman–Crippen LogP) is 0.865. The smallest absolute Gasteiger partial charge is 0.148 e. The van der Waals surface area contributed by atoms with Gasteiger partial charge in [0.2, 0.25) is 0 Å². The van der Waals surface area contributed by atoms with E-state index in [1.54, 1.807) is 18.3 Å². The van der Waals surface area contributed by atoms with E-state index >= 15 is 0 Å². The zero-order valence-corrected chi connectivity index (χ0v) is 7.39. The van der Waals surface area contributed by atoms with Crippen LogP contribution in [-0.2, 0) is 6.54 Å². The van der Waals surface area contributed by atoms with Crippen molar-refractivity contribution in [3.05, 3.63) is 42.0 Å². The Labute approximate surface area is 80.2 Å². The van der Waals surface area contributed by atoms with Crippen LogP contribution in [0, 0.1) is 5.82 Å².